The average molecular weight is 339 g/mol. The Bertz CT molecular complexity index is 635. The summed E-state index contributed by atoms with van der Waals surface area (Å²) in [4.78, 5) is 12.3. The lowest BCUT2D eigenvalue weighted by molar-refractivity contribution is -0.128. The second kappa shape index (κ2) is 9.87. The van der Waals surface area contributed by atoms with Crippen LogP contribution in [0.25, 0.3) is 0 Å². The zero-order chi connectivity index (χ0) is 18.1. The summed E-state index contributed by atoms with van der Waals surface area (Å²) in [5, 5.41) is 2.99. The molecule has 0 aromatic heterocycles. The highest BCUT2D eigenvalue weighted by Gasteiger charge is 2.17. The van der Waals surface area contributed by atoms with Crippen molar-refractivity contribution in [3.05, 3.63) is 65.7 Å². The van der Waals surface area contributed by atoms with Crippen molar-refractivity contribution in [2.75, 3.05) is 6.54 Å². The van der Waals surface area contributed by atoms with Crippen molar-refractivity contribution in [2.24, 2.45) is 0 Å². The second-order valence-corrected chi connectivity index (χ2v) is 6.62. The normalized spacial score (nSPS) is 12.0. The third-order valence-corrected chi connectivity index (χ3v) is 4.27. The van der Waals surface area contributed by atoms with Crippen LogP contribution in [0.2, 0.25) is 0 Å². The number of rotatable bonds is 9. The molecule has 0 aliphatic heterocycles. The summed E-state index contributed by atoms with van der Waals surface area (Å²) < 4.78 is 5.76. The third-order valence-electron chi connectivity index (χ3n) is 4.27. The number of ether oxygens (including phenoxy) is 1. The molecule has 0 fully saturated rings. The second-order valence-electron chi connectivity index (χ2n) is 6.62. The molecule has 0 spiro atoms. The van der Waals surface area contributed by atoms with E-state index in [1.54, 1.807) is 0 Å². The summed E-state index contributed by atoms with van der Waals surface area (Å²) in [6.45, 7) is 7.03. The van der Waals surface area contributed by atoms with Gasteiger partial charge in [0.05, 0.1) is 0 Å². The zero-order valence-corrected chi connectivity index (χ0v) is 15.5. The lowest BCUT2D eigenvalue weighted by Gasteiger charge is -2.17. The fraction of sp³-hybridized carbons (Fsp3) is 0.409. The fourth-order valence-electron chi connectivity index (χ4n) is 2.67. The van der Waals surface area contributed by atoms with Crippen molar-refractivity contribution in [3.8, 4) is 5.75 Å². The van der Waals surface area contributed by atoms with Gasteiger partial charge in [0.25, 0.3) is 5.91 Å². The number of benzene rings is 2. The Hall–Kier alpha value is -2.29. The minimum Gasteiger partial charge on any atom is -0.481 e. The quantitative estimate of drug-likeness (QED) is 0.672. The number of carbonyl (C=O) groups is 1. The minimum atomic E-state index is -0.437. The van der Waals surface area contributed by atoms with Crippen molar-refractivity contribution < 1.29 is 9.53 Å². The van der Waals surface area contributed by atoms with E-state index in [9.17, 15) is 4.79 Å². The molecule has 0 unspecified atom stereocenters. The summed E-state index contributed by atoms with van der Waals surface area (Å²) in [5.74, 6) is 1.25. The largest absolute Gasteiger partial charge is 0.481 e. The Labute approximate surface area is 151 Å². The van der Waals surface area contributed by atoms with Crippen LogP contribution < -0.4 is 10.1 Å². The first-order chi connectivity index (χ1) is 12.1. The zero-order valence-electron chi connectivity index (χ0n) is 15.5. The van der Waals surface area contributed by atoms with E-state index in [1.165, 1.54) is 11.1 Å². The van der Waals surface area contributed by atoms with Crippen molar-refractivity contribution in [1.29, 1.82) is 0 Å². The molecule has 2 aromatic carbocycles. The van der Waals surface area contributed by atoms with E-state index in [1.807, 2.05) is 37.3 Å². The molecule has 0 saturated heterocycles. The summed E-state index contributed by atoms with van der Waals surface area (Å²) in [6.07, 6.45) is 2.11. The van der Waals surface area contributed by atoms with Gasteiger partial charge in [-0.3, -0.25) is 4.79 Å². The van der Waals surface area contributed by atoms with E-state index in [-0.39, 0.29) is 5.91 Å². The van der Waals surface area contributed by atoms with Gasteiger partial charge in [-0.25, -0.2) is 0 Å². The highest BCUT2D eigenvalue weighted by molar-refractivity contribution is 5.81. The average Bonchev–Trinajstić information content (AvgIpc) is 2.64. The first-order valence-corrected chi connectivity index (χ1v) is 9.18. The van der Waals surface area contributed by atoms with Gasteiger partial charge >= 0.3 is 0 Å². The summed E-state index contributed by atoms with van der Waals surface area (Å²) in [7, 11) is 0. The lowest BCUT2D eigenvalue weighted by Crippen LogP contribution is -2.38. The Morgan fingerprint density at radius 2 is 1.72 bits per heavy atom. The van der Waals surface area contributed by atoms with Crippen LogP contribution in [0.15, 0.2) is 54.6 Å². The molecular formula is C22H29NO2. The summed E-state index contributed by atoms with van der Waals surface area (Å²) >= 11 is 0. The minimum absolute atomic E-state index is 0.0403. The molecule has 1 amide bonds. The molecule has 2 rings (SSSR count). The van der Waals surface area contributed by atoms with E-state index in [2.05, 4.69) is 43.4 Å². The Morgan fingerprint density at radius 3 is 2.32 bits per heavy atom. The number of hydrogen-bond acceptors (Lipinski definition) is 2. The fourth-order valence-corrected chi connectivity index (χ4v) is 2.67. The first kappa shape index (κ1) is 19.0. The van der Waals surface area contributed by atoms with Crippen molar-refractivity contribution in [3.63, 3.8) is 0 Å². The molecule has 1 N–H and O–H groups in total. The standard InChI is InChI=1S/C22H29NO2/c1-4-21(25-20-10-6-5-7-11-20)22(24)23-16-8-9-18-12-14-19(15-13-18)17(2)3/h5-7,10-15,17,21H,4,8-9,16H2,1-3H3,(H,23,24)/t21-/m0/s1. The molecule has 0 radical (unpaired) electrons. The van der Waals surface area contributed by atoms with E-state index in [4.69, 9.17) is 4.74 Å². The topological polar surface area (TPSA) is 38.3 Å². The van der Waals surface area contributed by atoms with Gasteiger partial charge < -0.3 is 10.1 Å². The monoisotopic (exact) mass is 339 g/mol. The van der Waals surface area contributed by atoms with Crippen LogP contribution in [-0.2, 0) is 11.2 Å². The highest BCUT2D eigenvalue weighted by atomic mass is 16.5. The number of nitrogens with one attached hydrogen (secondary N) is 1. The molecule has 134 valence electrons. The molecule has 3 heteroatoms. The van der Waals surface area contributed by atoms with Crippen LogP contribution in [0.4, 0.5) is 0 Å². The maximum absolute atomic E-state index is 12.3. The summed E-state index contributed by atoms with van der Waals surface area (Å²) in [6, 6.07) is 18.2. The van der Waals surface area contributed by atoms with Gasteiger partial charge in [0.15, 0.2) is 6.10 Å². The molecule has 0 saturated carbocycles. The van der Waals surface area contributed by atoms with Crippen LogP contribution >= 0.6 is 0 Å². The molecule has 0 heterocycles. The number of hydrogen-bond donors (Lipinski definition) is 1. The van der Waals surface area contributed by atoms with E-state index in [0.29, 0.717) is 18.9 Å². The van der Waals surface area contributed by atoms with E-state index < -0.39 is 6.10 Å². The van der Waals surface area contributed by atoms with Gasteiger partial charge in [0, 0.05) is 6.54 Å². The van der Waals surface area contributed by atoms with Crippen LogP contribution in [0.3, 0.4) is 0 Å². The number of aryl methyl sites for hydroxylation is 1. The molecule has 2 aromatic rings. The molecule has 0 bridgehead atoms. The maximum atomic E-state index is 12.3. The maximum Gasteiger partial charge on any atom is 0.261 e. The van der Waals surface area contributed by atoms with Gasteiger partial charge in [0.2, 0.25) is 0 Å². The third kappa shape index (κ3) is 6.26. The smallest absolute Gasteiger partial charge is 0.261 e. The molecule has 1 atom stereocenters. The number of amides is 1. The van der Waals surface area contributed by atoms with Gasteiger partial charge in [-0.1, -0.05) is 63.2 Å². The first-order valence-electron chi connectivity index (χ1n) is 9.18. The Morgan fingerprint density at radius 1 is 1.04 bits per heavy atom. The summed E-state index contributed by atoms with van der Waals surface area (Å²) in [5.41, 5.74) is 2.67. The molecule has 0 aliphatic rings. The lowest BCUT2D eigenvalue weighted by atomic mass is 10.0. The molecule has 25 heavy (non-hydrogen) atoms. The number of carbonyl (C=O) groups excluding carboxylic acids is 1. The van der Waals surface area contributed by atoms with Gasteiger partial charge in [0.1, 0.15) is 5.75 Å². The van der Waals surface area contributed by atoms with Gasteiger partial charge in [-0.15, -0.1) is 0 Å². The Kier molecular flexibility index (Phi) is 7.52. The van der Waals surface area contributed by atoms with E-state index in [0.717, 1.165) is 18.6 Å². The van der Waals surface area contributed by atoms with Crippen LogP contribution in [0.5, 0.6) is 5.75 Å². The Balaban J connectivity index is 1.73. The molecule has 0 aliphatic carbocycles. The van der Waals surface area contributed by atoms with Gasteiger partial charge in [-0.05, 0) is 48.4 Å². The molecular weight excluding hydrogens is 310 g/mol. The van der Waals surface area contributed by atoms with E-state index >= 15 is 0 Å². The van der Waals surface area contributed by atoms with Crippen LogP contribution in [0, 0.1) is 0 Å². The highest BCUT2D eigenvalue weighted by Crippen LogP contribution is 2.15. The van der Waals surface area contributed by atoms with Crippen molar-refractivity contribution in [1.82, 2.24) is 5.32 Å². The predicted molar refractivity (Wildman–Crippen MR) is 103 cm³/mol. The number of para-hydroxylation sites is 1. The van der Waals surface area contributed by atoms with Gasteiger partial charge in [-0.2, -0.15) is 0 Å². The van der Waals surface area contributed by atoms with Crippen molar-refractivity contribution in [2.45, 2.75) is 52.1 Å². The van der Waals surface area contributed by atoms with Crippen molar-refractivity contribution >= 4 is 5.91 Å². The predicted octanol–water partition coefficient (Wildman–Crippen LogP) is 4.72. The van der Waals surface area contributed by atoms with Crippen LogP contribution in [-0.4, -0.2) is 18.6 Å². The molecule has 3 nitrogen and oxygen atoms in total. The SMILES string of the molecule is CC[C@H](Oc1ccccc1)C(=O)NCCCc1ccc(C(C)C)cc1. The van der Waals surface area contributed by atoms with Crippen LogP contribution in [0.1, 0.15) is 50.7 Å².